The van der Waals surface area contributed by atoms with Crippen LogP contribution in [0.15, 0.2) is 0 Å². The largest absolute Gasteiger partial charge is 0.480 e. The van der Waals surface area contributed by atoms with Gasteiger partial charge >= 0.3 is 12.0 Å². The number of carboxylic acid groups (broad SMARTS) is 1. The molecule has 0 aromatic heterocycles. The Morgan fingerprint density at radius 3 is 2.57 bits per heavy atom. The summed E-state index contributed by atoms with van der Waals surface area (Å²) in [5, 5.41) is 21.4. The molecule has 2 rings (SSSR count). The Morgan fingerprint density at radius 2 is 1.95 bits per heavy atom. The van der Waals surface area contributed by atoms with Crippen LogP contribution in [-0.4, -0.2) is 77.4 Å². The van der Waals surface area contributed by atoms with E-state index in [4.69, 9.17) is 5.11 Å². The molecular weight excluding hydrogens is 274 g/mol. The summed E-state index contributed by atoms with van der Waals surface area (Å²) < 4.78 is 0. The lowest BCUT2D eigenvalue weighted by atomic mass is 9.94. The molecule has 2 fully saturated rings. The van der Waals surface area contributed by atoms with E-state index in [0.717, 1.165) is 32.4 Å². The third kappa shape index (κ3) is 4.31. The lowest BCUT2D eigenvalue weighted by Gasteiger charge is -2.29. The number of urea groups is 1. The number of β-amino-alcohol motifs (C(OH)–C–C–N with tert-alkyl or cyclic N) is 1. The number of carbonyl (C=O) groups is 2. The van der Waals surface area contributed by atoms with E-state index in [-0.39, 0.29) is 19.0 Å². The molecule has 0 bridgehead atoms. The van der Waals surface area contributed by atoms with Crippen LogP contribution in [0.4, 0.5) is 4.79 Å². The zero-order valence-corrected chi connectivity index (χ0v) is 12.5. The number of piperidine rings is 1. The van der Waals surface area contributed by atoms with Crippen molar-refractivity contribution in [2.24, 2.45) is 5.92 Å². The van der Waals surface area contributed by atoms with E-state index in [2.05, 4.69) is 17.3 Å². The number of likely N-dealkylation sites (tertiary alicyclic amines) is 2. The number of amides is 2. The molecule has 2 amide bonds. The zero-order chi connectivity index (χ0) is 15.4. The second kappa shape index (κ2) is 7.09. The molecule has 0 aromatic rings. The predicted octanol–water partition coefficient (Wildman–Crippen LogP) is -0.0523. The molecule has 0 radical (unpaired) electrons. The molecule has 2 atom stereocenters. The fraction of sp³-hybridized carbons (Fsp3) is 0.857. The minimum atomic E-state index is -1.06. The number of carboxylic acids is 1. The number of nitrogens with zero attached hydrogens (tertiary/aromatic N) is 2. The van der Waals surface area contributed by atoms with Gasteiger partial charge in [0, 0.05) is 19.5 Å². The molecule has 2 saturated heterocycles. The molecule has 0 saturated carbocycles. The van der Waals surface area contributed by atoms with E-state index in [1.54, 1.807) is 0 Å². The van der Waals surface area contributed by atoms with Crippen LogP contribution >= 0.6 is 0 Å². The first-order valence-corrected chi connectivity index (χ1v) is 7.61. The summed E-state index contributed by atoms with van der Waals surface area (Å²) in [5.41, 5.74) is 0. The fourth-order valence-corrected chi connectivity index (χ4v) is 3.11. The van der Waals surface area contributed by atoms with Gasteiger partial charge < -0.3 is 25.3 Å². The van der Waals surface area contributed by atoms with Crippen LogP contribution in [-0.2, 0) is 4.79 Å². The molecule has 0 unspecified atom stereocenters. The van der Waals surface area contributed by atoms with Gasteiger partial charge in [-0.15, -0.1) is 0 Å². The third-order valence-corrected chi connectivity index (χ3v) is 4.49. The highest BCUT2D eigenvalue weighted by Crippen LogP contribution is 2.20. The zero-order valence-electron chi connectivity index (χ0n) is 12.5. The first-order chi connectivity index (χ1) is 9.97. The average molecular weight is 299 g/mol. The quantitative estimate of drug-likeness (QED) is 0.677. The number of aliphatic hydroxyl groups excluding tert-OH is 1. The van der Waals surface area contributed by atoms with Crippen molar-refractivity contribution in [2.75, 3.05) is 33.2 Å². The lowest BCUT2D eigenvalue weighted by molar-refractivity contribution is -0.141. The number of rotatable bonds is 4. The first kappa shape index (κ1) is 16.0. The van der Waals surface area contributed by atoms with E-state index in [0.29, 0.717) is 12.5 Å². The number of carbonyl (C=O) groups excluding carboxylic acids is 1. The lowest BCUT2D eigenvalue weighted by Crippen LogP contribution is -2.46. The summed E-state index contributed by atoms with van der Waals surface area (Å²) in [6.07, 6.45) is 2.58. The molecule has 0 spiro atoms. The van der Waals surface area contributed by atoms with Crippen molar-refractivity contribution < 1.29 is 19.8 Å². The van der Waals surface area contributed by atoms with Gasteiger partial charge in [-0.25, -0.2) is 9.59 Å². The molecule has 2 heterocycles. The smallest absolute Gasteiger partial charge is 0.326 e. The van der Waals surface area contributed by atoms with Gasteiger partial charge in [-0.3, -0.25) is 0 Å². The Hall–Kier alpha value is -1.34. The number of nitrogens with one attached hydrogen (secondary N) is 1. The van der Waals surface area contributed by atoms with Crippen LogP contribution in [0, 0.1) is 5.92 Å². The Kier molecular flexibility index (Phi) is 5.41. The van der Waals surface area contributed by atoms with Gasteiger partial charge in [-0.05, 0) is 45.3 Å². The van der Waals surface area contributed by atoms with Gasteiger partial charge in [0.25, 0.3) is 0 Å². The van der Waals surface area contributed by atoms with E-state index in [9.17, 15) is 14.7 Å². The van der Waals surface area contributed by atoms with Gasteiger partial charge in [0.1, 0.15) is 6.04 Å². The molecule has 7 heteroatoms. The van der Waals surface area contributed by atoms with Crippen LogP contribution < -0.4 is 5.32 Å². The molecule has 0 aromatic carbocycles. The molecule has 120 valence electrons. The van der Waals surface area contributed by atoms with Crippen molar-refractivity contribution in [3.05, 3.63) is 0 Å². The Labute approximate surface area is 124 Å². The van der Waals surface area contributed by atoms with Crippen molar-refractivity contribution in [1.82, 2.24) is 15.1 Å². The summed E-state index contributed by atoms with van der Waals surface area (Å²) in [5.74, 6) is -0.432. The van der Waals surface area contributed by atoms with E-state index >= 15 is 0 Å². The Balaban J connectivity index is 1.73. The minimum Gasteiger partial charge on any atom is -0.480 e. The number of hydrogen-bond donors (Lipinski definition) is 3. The highest BCUT2D eigenvalue weighted by Gasteiger charge is 2.38. The SMILES string of the molecule is CN1CCC(CCNC(=O)N2C[C@@H](O)C[C@H]2C(=O)O)CC1. The topological polar surface area (TPSA) is 93.1 Å². The second-order valence-electron chi connectivity index (χ2n) is 6.16. The highest BCUT2D eigenvalue weighted by atomic mass is 16.4. The fourth-order valence-electron chi connectivity index (χ4n) is 3.11. The Bertz CT molecular complexity index is 382. The summed E-state index contributed by atoms with van der Waals surface area (Å²) in [7, 11) is 2.11. The van der Waals surface area contributed by atoms with Crippen molar-refractivity contribution in [3.63, 3.8) is 0 Å². The van der Waals surface area contributed by atoms with E-state index in [1.807, 2.05) is 0 Å². The number of hydrogen-bond acceptors (Lipinski definition) is 4. The van der Waals surface area contributed by atoms with Crippen LogP contribution in [0.1, 0.15) is 25.7 Å². The molecular formula is C14H25N3O4. The van der Waals surface area contributed by atoms with Crippen LogP contribution in [0.25, 0.3) is 0 Å². The average Bonchev–Trinajstić information content (AvgIpc) is 2.83. The van der Waals surface area contributed by atoms with Crippen molar-refractivity contribution in [1.29, 1.82) is 0 Å². The molecule has 0 aliphatic carbocycles. The Morgan fingerprint density at radius 1 is 1.29 bits per heavy atom. The van der Waals surface area contributed by atoms with Gasteiger partial charge in [-0.2, -0.15) is 0 Å². The third-order valence-electron chi connectivity index (χ3n) is 4.49. The van der Waals surface area contributed by atoms with Crippen molar-refractivity contribution >= 4 is 12.0 Å². The summed E-state index contributed by atoms with van der Waals surface area (Å²) in [4.78, 5) is 26.6. The van der Waals surface area contributed by atoms with Gasteiger partial charge in [0.15, 0.2) is 0 Å². The highest BCUT2D eigenvalue weighted by molar-refractivity contribution is 5.83. The first-order valence-electron chi connectivity index (χ1n) is 7.61. The maximum Gasteiger partial charge on any atom is 0.326 e. The van der Waals surface area contributed by atoms with Gasteiger partial charge in [-0.1, -0.05) is 0 Å². The van der Waals surface area contributed by atoms with Crippen LogP contribution in [0.5, 0.6) is 0 Å². The molecule has 3 N–H and O–H groups in total. The molecule has 21 heavy (non-hydrogen) atoms. The maximum absolute atomic E-state index is 12.0. The molecule has 7 nitrogen and oxygen atoms in total. The van der Waals surface area contributed by atoms with E-state index in [1.165, 1.54) is 4.90 Å². The van der Waals surface area contributed by atoms with Gasteiger partial charge in [0.2, 0.25) is 0 Å². The predicted molar refractivity (Wildman–Crippen MR) is 77.0 cm³/mol. The standard InChI is InChI=1S/C14H25N3O4/c1-16-6-3-10(4-7-16)2-5-15-14(21)17-9-11(18)8-12(17)13(19)20/h10-12,18H,2-9H2,1H3,(H,15,21)(H,19,20)/t11-,12-/m0/s1. The minimum absolute atomic E-state index is 0.0943. The van der Waals surface area contributed by atoms with Crippen LogP contribution in [0.3, 0.4) is 0 Å². The monoisotopic (exact) mass is 299 g/mol. The number of aliphatic hydroxyl groups is 1. The molecule has 2 aliphatic rings. The summed E-state index contributed by atoms with van der Waals surface area (Å²) in [6.45, 7) is 2.85. The van der Waals surface area contributed by atoms with Crippen molar-refractivity contribution in [3.8, 4) is 0 Å². The second-order valence-corrected chi connectivity index (χ2v) is 6.16. The summed E-state index contributed by atoms with van der Waals surface area (Å²) >= 11 is 0. The molecule has 2 aliphatic heterocycles. The van der Waals surface area contributed by atoms with Gasteiger partial charge in [0.05, 0.1) is 6.10 Å². The maximum atomic E-state index is 12.0. The summed E-state index contributed by atoms with van der Waals surface area (Å²) in [6, 6.07) is -1.30. The van der Waals surface area contributed by atoms with Crippen LogP contribution in [0.2, 0.25) is 0 Å². The van der Waals surface area contributed by atoms with E-state index < -0.39 is 18.1 Å². The normalized spacial score (nSPS) is 27.8. The number of aliphatic carboxylic acids is 1. The van der Waals surface area contributed by atoms with Crippen molar-refractivity contribution in [2.45, 2.75) is 37.8 Å².